The van der Waals surface area contributed by atoms with Gasteiger partial charge in [0.1, 0.15) is 11.6 Å². The molecule has 35 heavy (non-hydrogen) atoms. The monoisotopic (exact) mass is 485 g/mol. The van der Waals surface area contributed by atoms with Crippen molar-refractivity contribution >= 4 is 34.8 Å². The second kappa shape index (κ2) is 10.7. The molecule has 1 fully saturated rings. The Balaban J connectivity index is 1.47. The molecular formula is C25H26F3N5O2. The van der Waals surface area contributed by atoms with Gasteiger partial charge in [0.25, 0.3) is 0 Å². The van der Waals surface area contributed by atoms with Gasteiger partial charge < -0.3 is 15.4 Å². The molecule has 0 radical (unpaired) electrons. The number of hydrogen-bond donors (Lipinski definition) is 2. The summed E-state index contributed by atoms with van der Waals surface area (Å²) in [5, 5.41) is 6.32. The Hall–Kier alpha value is -3.69. The Morgan fingerprint density at radius 1 is 1.11 bits per heavy atom. The van der Waals surface area contributed by atoms with Crippen molar-refractivity contribution in [3.63, 3.8) is 0 Å². The lowest BCUT2D eigenvalue weighted by Crippen LogP contribution is -2.40. The lowest BCUT2D eigenvalue weighted by atomic mass is 9.86. The fraction of sp³-hybridized carbons (Fsp3) is 0.360. The van der Waals surface area contributed by atoms with Crippen LogP contribution in [0.25, 0.3) is 23.1 Å². The fourth-order valence-electron chi connectivity index (χ4n) is 4.11. The molecule has 2 N–H and O–H groups in total. The minimum absolute atomic E-state index is 0.0125. The van der Waals surface area contributed by atoms with Gasteiger partial charge in [0.2, 0.25) is 0 Å². The van der Waals surface area contributed by atoms with Gasteiger partial charge in [0.15, 0.2) is 5.82 Å². The van der Waals surface area contributed by atoms with Crippen LogP contribution in [0.3, 0.4) is 0 Å². The third-order valence-electron chi connectivity index (χ3n) is 6.01. The number of carbonyl (C=O) groups is 1. The molecule has 0 bridgehead atoms. The van der Waals surface area contributed by atoms with Crippen molar-refractivity contribution in [2.75, 3.05) is 19.0 Å². The first-order valence-corrected chi connectivity index (χ1v) is 11.4. The number of anilines is 1. The third-order valence-corrected chi connectivity index (χ3v) is 6.01. The molecule has 4 rings (SSSR count). The van der Waals surface area contributed by atoms with Crippen LogP contribution in [-0.4, -0.2) is 46.7 Å². The maximum Gasteiger partial charge on any atom is 0.471 e. The zero-order valence-electron chi connectivity index (χ0n) is 19.2. The Kier molecular flexibility index (Phi) is 7.48. The molecule has 0 unspecified atom stereocenters. The highest BCUT2D eigenvalue weighted by molar-refractivity contribution is 5.91. The van der Waals surface area contributed by atoms with Gasteiger partial charge in [-0.1, -0.05) is 6.07 Å². The van der Waals surface area contributed by atoms with Gasteiger partial charge in [-0.2, -0.15) is 13.2 Å². The Bertz CT molecular complexity index is 1190. The maximum atomic E-state index is 12.4. The molecule has 1 saturated carbocycles. The SMILES string of the molecule is COc1ccc2nc(/C=C/c3ccccn3)nc(NC3CCC(CNC(=O)C(F)(F)F)CC3)c2c1. The molecule has 0 saturated heterocycles. The summed E-state index contributed by atoms with van der Waals surface area (Å²) in [7, 11) is 1.60. The highest BCUT2D eigenvalue weighted by Gasteiger charge is 2.38. The maximum absolute atomic E-state index is 12.4. The highest BCUT2D eigenvalue weighted by atomic mass is 19.4. The predicted octanol–water partition coefficient (Wildman–Crippen LogP) is 4.85. The minimum Gasteiger partial charge on any atom is -0.497 e. The first-order chi connectivity index (χ1) is 16.8. The van der Waals surface area contributed by atoms with Crippen LogP contribution in [0.2, 0.25) is 0 Å². The van der Waals surface area contributed by atoms with Crippen molar-refractivity contribution in [1.29, 1.82) is 0 Å². The molecule has 1 aromatic carbocycles. The molecular weight excluding hydrogens is 459 g/mol. The van der Waals surface area contributed by atoms with Crippen molar-refractivity contribution < 1.29 is 22.7 Å². The quantitative estimate of drug-likeness (QED) is 0.497. The van der Waals surface area contributed by atoms with E-state index in [9.17, 15) is 18.0 Å². The van der Waals surface area contributed by atoms with Gasteiger partial charge in [-0.25, -0.2) is 9.97 Å². The van der Waals surface area contributed by atoms with E-state index in [-0.39, 0.29) is 18.5 Å². The Labute approximate surface area is 200 Å². The number of pyridine rings is 1. The topological polar surface area (TPSA) is 89.0 Å². The first-order valence-electron chi connectivity index (χ1n) is 11.4. The number of halogens is 3. The van der Waals surface area contributed by atoms with Gasteiger partial charge in [0.05, 0.1) is 18.3 Å². The van der Waals surface area contributed by atoms with Crippen LogP contribution in [0.5, 0.6) is 5.75 Å². The number of ether oxygens (including phenoxy) is 1. The Morgan fingerprint density at radius 3 is 2.60 bits per heavy atom. The van der Waals surface area contributed by atoms with E-state index < -0.39 is 12.1 Å². The van der Waals surface area contributed by atoms with Gasteiger partial charge in [-0.05, 0) is 74.1 Å². The van der Waals surface area contributed by atoms with Crippen molar-refractivity contribution in [2.45, 2.75) is 37.9 Å². The molecule has 7 nitrogen and oxygen atoms in total. The van der Waals surface area contributed by atoms with E-state index in [0.717, 1.165) is 29.4 Å². The zero-order valence-corrected chi connectivity index (χ0v) is 19.2. The number of fused-ring (bicyclic) bond motifs is 1. The average molecular weight is 486 g/mol. The predicted molar refractivity (Wildman–Crippen MR) is 128 cm³/mol. The molecule has 184 valence electrons. The summed E-state index contributed by atoms with van der Waals surface area (Å²) >= 11 is 0. The number of benzene rings is 1. The molecule has 0 aliphatic heterocycles. The normalized spacial score (nSPS) is 18.5. The van der Waals surface area contributed by atoms with E-state index >= 15 is 0 Å². The molecule has 1 amide bonds. The lowest BCUT2D eigenvalue weighted by molar-refractivity contribution is -0.173. The van der Waals surface area contributed by atoms with Crippen LogP contribution in [0.4, 0.5) is 19.0 Å². The summed E-state index contributed by atoms with van der Waals surface area (Å²) in [4.78, 5) is 24.7. The number of rotatable bonds is 7. The van der Waals surface area contributed by atoms with Crippen LogP contribution in [-0.2, 0) is 4.79 Å². The number of amides is 1. The highest BCUT2D eigenvalue weighted by Crippen LogP contribution is 2.30. The zero-order chi connectivity index (χ0) is 24.8. The standard InChI is InChI=1S/C25H26F3N5O2/c1-35-19-10-11-21-20(14-19)23(33-22(32-21)12-9-17-4-2-3-13-29-17)31-18-7-5-16(6-8-18)15-30-24(34)25(26,27)28/h2-4,9-14,16,18H,5-8,15H2,1H3,(H,30,34)(H,31,32,33)/b12-9+. The molecule has 10 heteroatoms. The van der Waals surface area contributed by atoms with E-state index in [4.69, 9.17) is 9.72 Å². The van der Waals surface area contributed by atoms with Crippen molar-refractivity contribution in [3.8, 4) is 5.75 Å². The number of alkyl halides is 3. The van der Waals surface area contributed by atoms with Gasteiger partial charge in [-0.3, -0.25) is 9.78 Å². The molecule has 2 aromatic heterocycles. The van der Waals surface area contributed by atoms with Crippen LogP contribution in [0, 0.1) is 5.92 Å². The summed E-state index contributed by atoms with van der Waals surface area (Å²) < 4.78 is 42.6. The number of hydrogen-bond acceptors (Lipinski definition) is 6. The van der Waals surface area contributed by atoms with E-state index in [1.165, 1.54) is 0 Å². The van der Waals surface area contributed by atoms with Crippen molar-refractivity contribution in [3.05, 3.63) is 54.1 Å². The van der Waals surface area contributed by atoms with Crippen LogP contribution < -0.4 is 15.4 Å². The number of nitrogens with one attached hydrogen (secondary N) is 2. The third kappa shape index (κ3) is 6.46. The molecule has 1 aliphatic rings. The number of nitrogens with zero attached hydrogens (tertiary/aromatic N) is 3. The number of aromatic nitrogens is 3. The van der Waals surface area contributed by atoms with Gasteiger partial charge >= 0.3 is 12.1 Å². The fourth-order valence-corrected chi connectivity index (χ4v) is 4.11. The summed E-state index contributed by atoms with van der Waals surface area (Å²) in [6, 6.07) is 11.3. The van der Waals surface area contributed by atoms with E-state index in [2.05, 4.69) is 15.3 Å². The second-order valence-electron chi connectivity index (χ2n) is 8.47. The van der Waals surface area contributed by atoms with Crippen LogP contribution >= 0.6 is 0 Å². The lowest BCUT2D eigenvalue weighted by Gasteiger charge is -2.30. The molecule has 1 aliphatic carbocycles. The summed E-state index contributed by atoms with van der Waals surface area (Å²) in [6.45, 7) is 0.0289. The molecule has 2 heterocycles. The Morgan fingerprint density at radius 2 is 1.91 bits per heavy atom. The van der Waals surface area contributed by atoms with Crippen LogP contribution in [0.1, 0.15) is 37.2 Å². The molecule has 0 atom stereocenters. The second-order valence-corrected chi connectivity index (χ2v) is 8.47. The molecule has 0 spiro atoms. The number of methoxy groups -OCH3 is 1. The summed E-state index contributed by atoms with van der Waals surface area (Å²) in [5.41, 5.74) is 1.55. The van der Waals surface area contributed by atoms with E-state index in [0.29, 0.717) is 30.2 Å². The minimum atomic E-state index is -4.85. The largest absolute Gasteiger partial charge is 0.497 e. The smallest absolute Gasteiger partial charge is 0.471 e. The van der Waals surface area contributed by atoms with E-state index in [1.54, 1.807) is 19.4 Å². The summed E-state index contributed by atoms with van der Waals surface area (Å²) in [5.74, 6) is 0.0108. The van der Waals surface area contributed by atoms with Gasteiger partial charge in [0, 0.05) is 24.2 Å². The van der Waals surface area contributed by atoms with Crippen molar-refractivity contribution in [1.82, 2.24) is 20.3 Å². The summed E-state index contributed by atoms with van der Waals surface area (Å²) in [6.07, 6.45) is 3.42. The average Bonchev–Trinajstić information content (AvgIpc) is 2.86. The first kappa shape index (κ1) is 24.4. The van der Waals surface area contributed by atoms with Crippen molar-refractivity contribution in [2.24, 2.45) is 5.92 Å². The molecule has 3 aromatic rings. The van der Waals surface area contributed by atoms with E-state index in [1.807, 2.05) is 47.8 Å². The van der Waals surface area contributed by atoms with Gasteiger partial charge in [-0.15, -0.1) is 0 Å². The van der Waals surface area contributed by atoms with Crippen LogP contribution in [0.15, 0.2) is 42.6 Å². The number of carbonyl (C=O) groups excluding carboxylic acids is 1.